The van der Waals surface area contributed by atoms with Gasteiger partial charge >= 0.3 is 0 Å². The third-order valence-corrected chi connectivity index (χ3v) is 4.08. The third kappa shape index (κ3) is 6.75. The fourth-order valence-electron chi connectivity index (χ4n) is 2.73. The smallest absolute Gasteiger partial charge is 0.0508 e. The summed E-state index contributed by atoms with van der Waals surface area (Å²) >= 11 is 0. The first-order valence-corrected chi connectivity index (χ1v) is 7.92. The van der Waals surface area contributed by atoms with Crippen LogP contribution in [0.25, 0.3) is 0 Å². The van der Waals surface area contributed by atoms with Gasteiger partial charge in [0, 0.05) is 18.6 Å². The molecular formula is C16H35NO. The van der Waals surface area contributed by atoms with E-state index in [1.165, 1.54) is 44.9 Å². The molecule has 2 nitrogen and oxygen atoms in total. The predicted octanol–water partition coefficient (Wildman–Crippen LogP) is 4.52. The Kier molecular flexibility index (Phi) is 10.8. The Morgan fingerprint density at radius 2 is 1.44 bits per heavy atom. The molecule has 0 saturated heterocycles. The minimum absolute atomic E-state index is 0.00278. The molecule has 0 saturated carbocycles. The van der Waals surface area contributed by atoms with Crippen LogP contribution in [0, 0.1) is 5.92 Å². The van der Waals surface area contributed by atoms with Crippen LogP contribution >= 0.6 is 0 Å². The van der Waals surface area contributed by atoms with Crippen molar-refractivity contribution in [2.24, 2.45) is 11.7 Å². The first kappa shape index (κ1) is 17.9. The van der Waals surface area contributed by atoms with E-state index in [1.54, 1.807) is 7.11 Å². The minimum atomic E-state index is -0.00278. The monoisotopic (exact) mass is 257 g/mol. The Morgan fingerprint density at radius 1 is 0.944 bits per heavy atom. The molecule has 0 aliphatic rings. The van der Waals surface area contributed by atoms with Gasteiger partial charge in [0.2, 0.25) is 0 Å². The second kappa shape index (κ2) is 10.8. The van der Waals surface area contributed by atoms with Gasteiger partial charge in [0.1, 0.15) is 0 Å². The first-order valence-electron chi connectivity index (χ1n) is 7.92. The molecular weight excluding hydrogens is 222 g/mol. The summed E-state index contributed by atoms with van der Waals surface area (Å²) in [5.74, 6) is 0.528. The molecule has 0 aromatic carbocycles. The van der Waals surface area contributed by atoms with Crippen molar-refractivity contribution in [3.05, 3.63) is 0 Å². The van der Waals surface area contributed by atoms with Crippen molar-refractivity contribution in [3.63, 3.8) is 0 Å². The van der Waals surface area contributed by atoms with E-state index in [1.807, 2.05) is 0 Å². The summed E-state index contributed by atoms with van der Waals surface area (Å²) in [6.07, 6.45) is 11.0. The maximum absolute atomic E-state index is 6.76. The van der Waals surface area contributed by atoms with E-state index < -0.39 is 0 Å². The van der Waals surface area contributed by atoms with Crippen LogP contribution in [0.2, 0.25) is 0 Å². The van der Waals surface area contributed by atoms with E-state index >= 15 is 0 Å². The molecule has 2 N–H and O–H groups in total. The number of nitrogens with two attached hydrogens (primary N) is 1. The number of hydrogen-bond acceptors (Lipinski definition) is 2. The van der Waals surface area contributed by atoms with E-state index in [9.17, 15) is 0 Å². The Labute approximate surface area is 115 Å². The molecule has 0 spiro atoms. The SMILES string of the molecule is CCCCC(COC)C(N)(CCCC)CCCC. The first-order chi connectivity index (χ1) is 8.64. The van der Waals surface area contributed by atoms with Gasteiger partial charge < -0.3 is 10.5 Å². The second-order valence-electron chi connectivity index (χ2n) is 5.73. The summed E-state index contributed by atoms with van der Waals surface area (Å²) in [6.45, 7) is 7.57. The lowest BCUT2D eigenvalue weighted by Crippen LogP contribution is -2.49. The molecule has 0 aliphatic heterocycles. The van der Waals surface area contributed by atoms with Crippen LogP contribution in [0.15, 0.2) is 0 Å². The topological polar surface area (TPSA) is 35.2 Å². The van der Waals surface area contributed by atoms with Crippen molar-refractivity contribution in [2.75, 3.05) is 13.7 Å². The van der Waals surface area contributed by atoms with Gasteiger partial charge in [0.05, 0.1) is 6.61 Å². The zero-order chi connectivity index (χ0) is 13.9. The zero-order valence-corrected chi connectivity index (χ0v) is 13.1. The number of rotatable bonds is 12. The Morgan fingerprint density at radius 3 is 1.83 bits per heavy atom. The Hall–Kier alpha value is -0.0800. The molecule has 110 valence electrons. The van der Waals surface area contributed by atoms with Gasteiger partial charge in [0.25, 0.3) is 0 Å². The van der Waals surface area contributed by atoms with Crippen LogP contribution in [0.3, 0.4) is 0 Å². The molecule has 0 aromatic heterocycles. The summed E-state index contributed by atoms with van der Waals surface area (Å²) < 4.78 is 5.43. The lowest BCUT2D eigenvalue weighted by molar-refractivity contribution is 0.0863. The Bertz CT molecular complexity index is 174. The molecule has 0 aromatic rings. The molecule has 0 amide bonds. The second-order valence-corrected chi connectivity index (χ2v) is 5.73. The quantitative estimate of drug-likeness (QED) is 0.558. The summed E-state index contributed by atoms with van der Waals surface area (Å²) in [5, 5.41) is 0. The number of unbranched alkanes of at least 4 members (excludes halogenated alkanes) is 3. The molecule has 0 heterocycles. The van der Waals surface area contributed by atoms with Crippen molar-refractivity contribution in [1.82, 2.24) is 0 Å². The fraction of sp³-hybridized carbons (Fsp3) is 1.00. The van der Waals surface area contributed by atoms with Crippen LogP contribution in [-0.4, -0.2) is 19.3 Å². The molecule has 0 fully saturated rings. The van der Waals surface area contributed by atoms with Crippen molar-refractivity contribution < 1.29 is 4.74 Å². The van der Waals surface area contributed by atoms with Crippen molar-refractivity contribution in [1.29, 1.82) is 0 Å². The molecule has 18 heavy (non-hydrogen) atoms. The number of hydrogen-bond donors (Lipinski definition) is 1. The molecule has 0 bridgehead atoms. The van der Waals surface area contributed by atoms with E-state index in [-0.39, 0.29) is 5.54 Å². The lowest BCUT2D eigenvalue weighted by Gasteiger charge is -2.38. The fourth-order valence-corrected chi connectivity index (χ4v) is 2.73. The standard InChI is InChI=1S/C16H35NO/c1-5-8-11-15(14-18-4)16(17,12-9-6-2)13-10-7-3/h15H,5-14,17H2,1-4H3. The van der Waals surface area contributed by atoms with Gasteiger partial charge in [-0.15, -0.1) is 0 Å². The summed E-state index contributed by atoms with van der Waals surface area (Å²) in [4.78, 5) is 0. The normalized spacial score (nSPS) is 13.8. The molecule has 1 atom stereocenters. The van der Waals surface area contributed by atoms with Gasteiger partial charge in [0.15, 0.2) is 0 Å². The van der Waals surface area contributed by atoms with Crippen LogP contribution in [0.5, 0.6) is 0 Å². The van der Waals surface area contributed by atoms with Crippen molar-refractivity contribution in [3.8, 4) is 0 Å². The molecule has 2 heteroatoms. The van der Waals surface area contributed by atoms with E-state index in [0.717, 1.165) is 19.4 Å². The highest BCUT2D eigenvalue weighted by molar-refractivity contribution is 4.91. The third-order valence-electron chi connectivity index (χ3n) is 4.08. The van der Waals surface area contributed by atoms with Gasteiger partial charge in [-0.1, -0.05) is 59.3 Å². The predicted molar refractivity (Wildman–Crippen MR) is 80.9 cm³/mol. The van der Waals surface area contributed by atoms with Gasteiger partial charge in [-0.25, -0.2) is 0 Å². The summed E-state index contributed by atoms with van der Waals surface area (Å²) in [5.41, 5.74) is 6.76. The largest absolute Gasteiger partial charge is 0.384 e. The average molecular weight is 257 g/mol. The lowest BCUT2D eigenvalue weighted by atomic mass is 9.75. The van der Waals surface area contributed by atoms with Crippen molar-refractivity contribution >= 4 is 0 Å². The molecule has 0 rings (SSSR count). The number of ether oxygens (including phenoxy) is 1. The summed E-state index contributed by atoms with van der Waals surface area (Å²) in [7, 11) is 1.80. The van der Waals surface area contributed by atoms with Gasteiger partial charge in [-0.2, -0.15) is 0 Å². The van der Waals surface area contributed by atoms with Gasteiger partial charge in [-0.3, -0.25) is 0 Å². The van der Waals surface area contributed by atoms with E-state index in [0.29, 0.717) is 5.92 Å². The van der Waals surface area contributed by atoms with Gasteiger partial charge in [-0.05, 0) is 19.3 Å². The van der Waals surface area contributed by atoms with Crippen LogP contribution in [-0.2, 0) is 4.74 Å². The molecule has 0 aliphatic carbocycles. The van der Waals surface area contributed by atoms with Crippen LogP contribution in [0.1, 0.15) is 78.6 Å². The highest BCUT2D eigenvalue weighted by Gasteiger charge is 2.33. The maximum Gasteiger partial charge on any atom is 0.0508 e. The van der Waals surface area contributed by atoms with E-state index in [4.69, 9.17) is 10.5 Å². The average Bonchev–Trinajstić information content (AvgIpc) is 2.38. The minimum Gasteiger partial charge on any atom is -0.384 e. The van der Waals surface area contributed by atoms with Crippen LogP contribution < -0.4 is 5.73 Å². The number of methoxy groups -OCH3 is 1. The highest BCUT2D eigenvalue weighted by atomic mass is 16.5. The van der Waals surface area contributed by atoms with E-state index in [2.05, 4.69) is 20.8 Å². The molecule has 1 unspecified atom stereocenters. The summed E-state index contributed by atoms with van der Waals surface area (Å²) in [6, 6.07) is 0. The molecule has 0 radical (unpaired) electrons. The maximum atomic E-state index is 6.76. The Balaban J connectivity index is 4.59. The highest BCUT2D eigenvalue weighted by Crippen LogP contribution is 2.31. The zero-order valence-electron chi connectivity index (χ0n) is 13.1. The van der Waals surface area contributed by atoms with Crippen molar-refractivity contribution in [2.45, 2.75) is 84.1 Å². The van der Waals surface area contributed by atoms with Crippen LogP contribution in [0.4, 0.5) is 0 Å².